The standard InChI is InChI=1S/C15H21NO/c17-14-9-8-12-5-4-10-16(15(12)11-14)13-6-2-1-3-7-13/h8-9,11,13,17H,1-7,10H2. The Kier molecular flexibility index (Phi) is 2.96. The highest BCUT2D eigenvalue weighted by atomic mass is 16.3. The van der Waals surface area contributed by atoms with E-state index in [9.17, 15) is 5.11 Å². The van der Waals surface area contributed by atoms with Crippen LogP contribution < -0.4 is 4.90 Å². The van der Waals surface area contributed by atoms with E-state index < -0.39 is 0 Å². The monoisotopic (exact) mass is 231 g/mol. The second-order valence-electron chi connectivity index (χ2n) is 5.40. The van der Waals surface area contributed by atoms with Gasteiger partial charge in [0.2, 0.25) is 0 Å². The molecule has 0 radical (unpaired) electrons. The molecule has 92 valence electrons. The van der Waals surface area contributed by atoms with Gasteiger partial charge in [-0.25, -0.2) is 0 Å². The van der Waals surface area contributed by atoms with Gasteiger partial charge in [-0.1, -0.05) is 25.3 Å². The van der Waals surface area contributed by atoms with E-state index in [1.54, 1.807) is 0 Å². The van der Waals surface area contributed by atoms with E-state index in [4.69, 9.17) is 0 Å². The van der Waals surface area contributed by atoms with Gasteiger partial charge in [0.15, 0.2) is 0 Å². The van der Waals surface area contributed by atoms with Gasteiger partial charge in [0.05, 0.1) is 0 Å². The molecule has 1 aromatic carbocycles. The highest BCUT2D eigenvalue weighted by Gasteiger charge is 2.25. The maximum atomic E-state index is 9.68. The number of anilines is 1. The predicted octanol–water partition coefficient (Wildman–Crippen LogP) is 3.48. The number of fused-ring (bicyclic) bond motifs is 1. The number of phenols is 1. The molecule has 0 amide bonds. The third-order valence-electron chi connectivity index (χ3n) is 4.24. The Morgan fingerprint density at radius 3 is 2.71 bits per heavy atom. The molecule has 0 spiro atoms. The highest BCUT2D eigenvalue weighted by Crippen LogP contribution is 2.35. The van der Waals surface area contributed by atoms with Crippen LogP contribution in [0.25, 0.3) is 0 Å². The number of nitrogens with zero attached hydrogens (tertiary/aromatic N) is 1. The van der Waals surface area contributed by atoms with Crippen LogP contribution in [0, 0.1) is 0 Å². The van der Waals surface area contributed by atoms with Crippen molar-refractivity contribution in [2.75, 3.05) is 11.4 Å². The number of aromatic hydroxyl groups is 1. The van der Waals surface area contributed by atoms with Crippen LogP contribution in [0.3, 0.4) is 0 Å². The lowest BCUT2D eigenvalue weighted by Crippen LogP contribution is -2.40. The molecule has 0 aromatic heterocycles. The zero-order chi connectivity index (χ0) is 11.7. The van der Waals surface area contributed by atoms with Crippen LogP contribution in [0.5, 0.6) is 5.75 Å². The van der Waals surface area contributed by atoms with Gasteiger partial charge in [0, 0.05) is 24.3 Å². The first kappa shape index (κ1) is 10.9. The quantitative estimate of drug-likeness (QED) is 0.800. The molecule has 2 nitrogen and oxygen atoms in total. The van der Waals surface area contributed by atoms with Crippen LogP contribution in [0.1, 0.15) is 44.1 Å². The van der Waals surface area contributed by atoms with Gasteiger partial charge in [0.25, 0.3) is 0 Å². The second kappa shape index (κ2) is 4.59. The van der Waals surface area contributed by atoms with Crippen LogP contribution >= 0.6 is 0 Å². The molecule has 0 atom stereocenters. The minimum absolute atomic E-state index is 0.409. The van der Waals surface area contributed by atoms with E-state index in [2.05, 4.69) is 11.0 Å². The van der Waals surface area contributed by atoms with Crippen molar-refractivity contribution < 1.29 is 5.11 Å². The summed E-state index contributed by atoms with van der Waals surface area (Å²) in [5.41, 5.74) is 2.71. The number of rotatable bonds is 1. The van der Waals surface area contributed by atoms with Gasteiger partial charge in [-0.2, -0.15) is 0 Å². The topological polar surface area (TPSA) is 23.5 Å². The van der Waals surface area contributed by atoms with Crippen molar-refractivity contribution in [2.24, 2.45) is 0 Å². The summed E-state index contributed by atoms with van der Waals surface area (Å²) in [7, 11) is 0. The largest absolute Gasteiger partial charge is 0.508 e. The number of benzene rings is 1. The lowest BCUT2D eigenvalue weighted by Gasteiger charge is -2.40. The summed E-state index contributed by atoms with van der Waals surface area (Å²) in [4.78, 5) is 2.55. The molecule has 2 aliphatic rings. The molecular weight excluding hydrogens is 210 g/mol. The Hall–Kier alpha value is -1.18. The van der Waals surface area contributed by atoms with Crippen molar-refractivity contribution >= 4 is 5.69 Å². The van der Waals surface area contributed by atoms with Crippen molar-refractivity contribution in [2.45, 2.75) is 51.0 Å². The average Bonchev–Trinajstić information content (AvgIpc) is 2.39. The summed E-state index contributed by atoms with van der Waals surface area (Å²) < 4.78 is 0. The van der Waals surface area contributed by atoms with Gasteiger partial charge in [-0.3, -0.25) is 0 Å². The lowest BCUT2D eigenvalue weighted by molar-refractivity contribution is 0.406. The number of hydrogen-bond donors (Lipinski definition) is 1. The first-order valence-corrected chi connectivity index (χ1v) is 6.93. The Bertz CT molecular complexity index is 396. The van der Waals surface area contributed by atoms with E-state index >= 15 is 0 Å². The van der Waals surface area contributed by atoms with Crippen molar-refractivity contribution in [1.82, 2.24) is 0 Å². The molecule has 1 aliphatic heterocycles. The summed E-state index contributed by atoms with van der Waals surface area (Å²) in [6.45, 7) is 1.17. The van der Waals surface area contributed by atoms with Gasteiger partial charge >= 0.3 is 0 Å². The molecule has 1 saturated carbocycles. The molecule has 0 bridgehead atoms. The highest BCUT2D eigenvalue weighted by molar-refractivity contribution is 5.59. The van der Waals surface area contributed by atoms with Gasteiger partial charge in [-0.15, -0.1) is 0 Å². The van der Waals surface area contributed by atoms with E-state index in [-0.39, 0.29) is 0 Å². The lowest BCUT2D eigenvalue weighted by atomic mass is 9.91. The van der Waals surface area contributed by atoms with Crippen LogP contribution in [0.15, 0.2) is 18.2 Å². The van der Waals surface area contributed by atoms with Gasteiger partial charge < -0.3 is 10.0 Å². The molecule has 1 heterocycles. The Morgan fingerprint density at radius 2 is 1.88 bits per heavy atom. The van der Waals surface area contributed by atoms with E-state index in [0.29, 0.717) is 11.8 Å². The summed E-state index contributed by atoms with van der Waals surface area (Å²) in [5, 5.41) is 9.68. The molecule has 1 aliphatic carbocycles. The van der Waals surface area contributed by atoms with E-state index in [0.717, 1.165) is 0 Å². The third kappa shape index (κ3) is 2.13. The SMILES string of the molecule is Oc1ccc2c(c1)N(C1CCCCC1)CCC2. The minimum atomic E-state index is 0.409. The zero-order valence-corrected chi connectivity index (χ0v) is 10.4. The van der Waals surface area contributed by atoms with Gasteiger partial charge in [-0.05, 0) is 37.3 Å². The molecule has 0 saturated heterocycles. The molecular formula is C15H21NO. The number of aryl methyl sites for hydroxylation is 1. The molecule has 1 fully saturated rings. The maximum absolute atomic E-state index is 9.68. The second-order valence-corrected chi connectivity index (χ2v) is 5.40. The molecule has 3 rings (SSSR count). The van der Waals surface area contributed by atoms with Crippen molar-refractivity contribution in [3.63, 3.8) is 0 Å². The molecule has 17 heavy (non-hydrogen) atoms. The molecule has 0 unspecified atom stereocenters. The summed E-state index contributed by atoms with van der Waals surface area (Å²) >= 11 is 0. The van der Waals surface area contributed by atoms with Crippen LogP contribution in [-0.4, -0.2) is 17.7 Å². The van der Waals surface area contributed by atoms with E-state index in [1.807, 2.05) is 12.1 Å². The van der Waals surface area contributed by atoms with Crippen LogP contribution in [0.4, 0.5) is 5.69 Å². The number of phenolic OH excluding ortho intramolecular Hbond substituents is 1. The zero-order valence-electron chi connectivity index (χ0n) is 10.4. The van der Waals surface area contributed by atoms with Crippen molar-refractivity contribution in [1.29, 1.82) is 0 Å². The summed E-state index contributed by atoms with van der Waals surface area (Å²) in [6.07, 6.45) is 9.22. The predicted molar refractivity (Wildman–Crippen MR) is 70.6 cm³/mol. The third-order valence-corrected chi connectivity index (χ3v) is 4.24. The fourth-order valence-electron chi connectivity index (χ4n) is 3.36. The minimum Gasteiger partial charge on any atom is -0.508 e. The molecule has 1 N–H and O–H groups in total. The Balaban J connectivity index is 1.89. The number of hydrogen-bond acceptors (Lipinski definition) is 2. The molecule has 2 heteroatoms. The van der Waals surface area contributed by atoms with Crippen LogP contribution in [0.2, 0.25) is 0 Å². The first-order valence-electron chi connectivity index (χ1n) is 6.93. The Labute approximate surface area is 103 Å². The fourth-order valence-corrected chi connectivity index (χ4v) is 3.36. The summed E-state index contributed by atoms with van der Waals surface area (Å²) in [5.74, 6) is 0.409. The normalized spacial score (nSPS) is 21.3. The van der Waals surface area contributed by atoms with E-state index in [1.165, 1.54) is 62.7 Å². The van der Waals surface area contributed by atoms with Crippen LogP contribution in [-0.2, 0) is 6.42 Å². The molecule has 1 aromatic rings. The smallest absolute Gasteiger partial charge is 0.117 e. The van der Waals surface area contributed by atoms with Crippen molar-refractivity contribution in [3.8, 4) is 5.75 Å². The average molecular weight is 231 g/mol. The Morgan fingerprint density at radius 1 is 1.06 bits per heavy atom. The fraction of sp³-hybridized carbons (Fsp3) is 0.600. The first-order chi connectivity index (χ1) is 8.34. The maximum Gasteiger partial charge on any atom is 0.117 e. The summed E-state index contributed by atoms with van der Waals surface area (Å²) in [6, 6.07) is 6.59. The van der Waals surface area contributed by atoms with Crippen molar-refractivity contribution in [3.05, 3.63) is 23.8 Å². The van der Waals surface area contributed by atoms with Gasteiger partial charge in [0.1, 0.15) is 5.75 Å².